The van der Waals surface area contributed by atoms with Gasteiger partial charge in [-0.05, 0) is 71.7 Å². The minimum absolute atomic E-state index is 0.179. The molecule has 4 aromatic rings. The summed E-state index contributed by atoms with van der Waals surface area (Å²) >= 11 is 0. The predicted octanol–water partition coefficient (Wildman–Crippen LogP) is 7.78. The molecule has 2 aliphatic carbocycles. The van der Waals surface area contributed by atoms with Crippen LogP contribution in [-0.4, -0.2) is 31.2 Å². The Morgan fingerprint density at radius 3 is 1.54 bits per heavy atom. The highest BCUT2D eigenvalue weighted by molar-refractivity contribution is 5.64. The first-order valence-corrected chi connectivity index (χ1v) is 14.2. The van der Waals surface area contributed by atoms with Crippen LogP contribution in [0.15, 0.2) is 109 Å². The lowest BCUT2D eigenvalue weighted by Crippen LogP contribution is -2.37. The van der Waals surface area contributed by atoms with Crippen LogP contribution >= 0.6 is 0 Å². The van der Waals surface area contributed by atoms with Crippen molar-refractivity contribution in [1.29, 1.82) is 0 Å². The molecule has 0 radical (unpaired) electrons. The molecular weight excluding hydrogens is 484 g/mol. The number of hydrogen-bond acceptors (Lipinski definition) is 4. The van der Waals surface area contributed by atoms with E-state index in [9.17, 15) is 0 Å². The SMILES string of the molecule is c1ccc(-c2ccc(OC[C@@H]3OC4(CCC[C@H]5C[C@H]54)O[C@H]3COc3ccc(-c4ccccc4)cc3)cc2)cc1. The smallest absolute Gasteiger partial charge is 0.172 e. The van der Waals surface area contributed by atoms with E-state index in [4.69, 9.17) is 18.9 Å². The van der Waals surface area contributed by atoms with E-state index in [1.807, 2.05) is 36.4 Å². The number of fused-ring (bicyclic) bond motifs is 2. The second kappa shape index (κ2) is 10.5. The molecule has 4 heteroatoms. The predicted molar refractivity (Wildman–Crippen MR) is 153 cm³/mol. The van der Waals surface area contributed by atoms with Crippen LogP contribution in [0.1, 0.15) is 25.7 Å². The molecule has 0 amide bonds. The third-order valence-corrected chi connectivity index (χ3v) is 8.46. The molecule has 2 saturated carbocycles. The fraction of sp³-hybridized carbons (Fsp3) is 0.314. The average Bonchev–Trinajstić information content (AvgIpc) is 3.73. The quantitative estimate of drug-likeness (QED) is 0.239. The van der Waals surface area contributed by atoms with Crippen molar-refractivity contribution in [2.75, 3.05) is 13.2 Å². The minimum Gasteiger partial charge on any atom is -0.491 e. The van der Waals surface area contributed by atoms with Gasteiger partial charge >= 0.3 is 0 Å². The van der Waals surface area contributed by atoms with Crippen LogP contribution in [0.4, 0.5) is 0 Å². The highest BCUT2D eigenvalue weighted by Gasteiger charge is 2.62. The topological polar surface area (TPSA) is 36.9 Å². The molecule has 4 nitrogen and oxygen atoms in total. The molecule has 1 heterocycles. The molecule has 0 N–H and O–H groups in total. The maximum Gasteiger partial charge on any atom is 0.172 e. The van der Waals surface area contributed by atoms with Gasteiger partial charge < -0.3 is 18.9 Å². The molecule has 39 heavy (non-hydrogen) atoms. The molecular formula is C35H34O4. The number of rotatable bonds is 8. The van der Waals surface area contributed by atoms with Gasteiger partial charge in [-0.1, -0.05) is 84.9 Å². The molecule has 0 unspecified atom stereocenters. The molecule has 198 valence electrons. The number of ether oxygens (including phenoxy) is 4. The van der Waals surface area contributed by atoms with Crippen molar-refractivity contribution >= 4 is 0 Å². The Balaban J connectivity index is 1.02. The van der Waals surface area contributed by atoms with Gasteiger partial charge in [-0.3, -0.25) is 0 Å². The number of benzene rings is 4. The Hall–Kier alpha value is -3.60. The van der Waals surface area contributed by atoms with Crippen LogP contribution in [0, 0.1) is 11.8 Å². The summed E-state index contributed by atoms with van der Waals surface area (Å²) in [7, 11) is 0. The fourth-order valence-electron chi connectivity index (χ4n) is 6.27. The van der Waals surface area contributed by atoms with E-state index in [-0.39, 0.29) is 12.2 Å². The van der Waals surface area contributed by atoms with Crippen LogP contribution in [-0.2, 0) is 9.47 Å². The Kier molecular flexibility index (Phi) is 6.59. The van der Waals surface area contributed by atoms with Gasteiger partial charge in [-0.25, -0.2) is 0 Å². The number of hydrogen-bond donors (Lipinski definition) is 0. The van der Waals surface area contributed by atoms with Crippen LogP contribution in [0.3, 0.4) is 0 Å². The Bertz CT molecular complexity index is 1270. The van der Waals surface area contributed by atoms with Crippen molar-refractivity contribution < 1.29 is 18.9 Å². The van der Waals surface area contributed by atoms with Gasteiger partial charge in [0.05, 0.1) is 0 Å². The van der Waals surface area contributed by atoms with Crippen molar-refractivity contribution in [3.63, 3.8) is 0 Å². The molecule has 3 aliphatic rings. The van der Waals surface area contributed by atoms with Gasteiger partial charge in [-0.15, -0.1) is 0 Å². The van der Waals surface area contributed by atoms with Crippen molar-refractivity contribution in [3.05, 3.63) is 109 Å². The standard InChI is InChI=1S/C35H34O4/c1-3-8-25(9-4-1)27-13-17-30(18-14-27)36-23-33-34(39-35(38-33)21-7-12-29-22-32(29)35)24-37-31-19-15-28(16-20-31)26-10-5-2-6-11-26/h1-6,8-11,13-20,29,32-34H,7,12,21-24H2/t29-,32+,33-,34-/m0/s1. The van der Waals surface area contributed by atoms with E-state index >= 15 is 0 Å². The summed E-state index contributed by atoms with van der Waals surface area (Å²) in [6, 6.07) is 37.3. The lowest BCUT2D eigenvalue weighted by molar-refractivity contribution is -0.208. The third kappa shape index (κ3) is 5.19. The molecule has 4 atom stereocenters. The minimum atomic E-state index is -0.473. The summed E-state index contributed by atoms with van der Waals surface area (Å²) in [5.41, 5.74) is 4.75. The Morgan fingerprint density at radius 1 is 0.590 bits per heavy atom. The fourth-order valence-corrected chi connectivity index (χ4v) is 6.27. The van der Waals surface area contributed by atoms with Crippen molar-refractivity contribution in [1.82, 2.24) is 0 Å². The lowest BCUT2D eigenvalue weighted by atomic mass is 9.94. The average molecular weight is 519 g/mol. The summed E-state index contributed by atoms with van der Waals surface area (Å²) in [4.78, 5) is 0. The summed E-state index contributed by atoms with van der Waals surface area (Å²) in [5.74, 6) is 2.45. The summed E-state index contributed by atoms with van der Waals surface area (Å²) in [6.45, 7) is 0.871. The molecule has 0 bridgehead atoms. The second-order valence-electron chi connectivity index (χ2n) is 11.0. The molecule has 7 rings (SSSR count). The van der Waals surface area contributed by atoms with E-state index in [0.717, 1.165) is 30.3 Å². The summed E-state index contributed by atoms with van der Waals surface area (Å²) in [6.07, 6.45) is 4.26. The van der Waals surface area contributed by atoms with Gasteiger partial charge in [0.1, 0.15) is 36.9 Å². The molecule has 1 spiro atoms. The zero-order valence-corrected chi connectivity index (χ0v) is 22.1. The first kappa shape index (κ1) is 24.4. The molecule has 1 saturated heterocycles. The van der Waals surface area contributed by atoms with E-state index < -0.39 is 5.79 Å². The van der Waals surface area contributed by atoms with Crippen molar-refractivity contribution in [2.45, 2.75) is 43.7 Å². The monoisotopic (exact) mass is 518 g/mol. The Labute approximate surface area is 230 Å². The summed E-state index contributed by atoms with van der Waals surface area (Å²) in [5, 5.41) is 0. The van der Waals surface area contributed by atoms with E-state index in [1.165, 1.54) is 35.1 Å². The van der Waals surface area contributed by atoms with Gasteiger partial charge in [0.25, 0.3) is 0 Å². The zero-order valence-electron chi connectivity index (χ0n) is 22.1. The van der Waals surface area contributed by atoms with Gasteiger partial charge in [0.2, 0.25) is 0 Å². The van der Waals surface area contributed by atoms with Gasteiger partial charge in [0, 0.05) is 12.3 Å². The third-order valence-electron chi connectivity index (χ3n) is 8.46. The largest absolute Gasteiger partial charge is 0.491 e. The highest BCUT2D eigenvalue weighted by atomic mass is 16.8. The van der Waals surface area contributed by atoms with Crippen LogP contribution in [0.25, 0.3) is 22.3 Å². The van der Waals surface area contributed by atoms with Crippen LogP contribution < -0.4 is 9.47 Å². The molecule has 3 fully saturated rings. The zero-order chi connectivity index (χ0) is 26.1. The highest BCUT2D eigenvalue weighted by Crippen LogP contribution is 2.59. The first-order chi connectivity index (χ1) is 19.3. The normalized spacial score (nSPS) is 24.7. The van der Waals surface area contributed by atoms with Crippen molar-refractivity contribution in [3.8, 4) is 33.8 Å². The molecule has 0 aromatic heterocycles. The lowest BCUT2D eigenvalue weighted by Gasteiger charge is -2.32. The summed E-state index contributed by atoms with van der Waals surface area (Å²) < 4.78 is 25.9. The van der Waals surface area contributed by atoms with Crippen LogP contribution in [0.2, 0.25) is 0 Å². The van der Waals surface area contributed by atoms with Gasteiger partial charge in [0.15, 0.2) is 5.79 Å². The second-order valence-corrected chi connectivity index (χ2v) is 11.0. The van der Waals surface area contributed by atoms with E-state index in [2.05, 4.69) is 72.8 Å². The molecule has 4 aromatic carbocycles. The van der Waals surface area contributed by atoms with E-state index in [1.54, 1.807) is 0 Å². The first-order valence-electron chi connectivity index (χ1n) is 14.2. The van der Waals surface area contributed by atoms with Crippen LogP contribution in [0.5, 0.6) is 11.5 Å². The Morgan fingerprint density at radius 2 is 1.05 bits per heavy atom. The molecule has 1 aliphatic heterocycles. The maximum absolute atomic E-state index is 6.71. The maximum atomic E-state index is 6.71. The van der Waals surface area contributed by atoms with Crippen molar-refractivity contribution in [2.24, 2.45) is 11.8 Å². The van der Waals surface area contributed by atoms with Gasteiger partial charge in [-0.2, -0.15) is 0 Å². The van der Waals surface area contributed by atoms with E-state index in [0.29, 0.717) is 19.1 Å².